The number of piperazine rings is 1. The predicted octanol–water partition coefficient (Wildman–Crippen LogP) is 4.95. The van der Waals surface area contributed by atoms with Crippen LogP contribution in [0.3, 0.4) is 0 Å². The Morgan fingerprint density at radius 2 is 1.43 bits per heavy atom. The van der Waals surface area contributed by atoms with Crippen LogP contribution in [0, 0.1) is 11.6 Å². The van der Waals surface area contributed by atoms with E-state index in [4.69, 9.17) is 0 Å². The number of halogens is 2. The maximum atomic E-state index is 13.4. The molecule has 1 unspecified atom stereocenters. The average molecular weight is 506 g/mol. The van der Waals surface area contributed by atoms with Crippen molar-refractivity contribution in [1.29, 1.82) is 0 Å². The van der Waals surface area contributed by atoms with Gasteiger partial charge < -0.3 is 9.80 Å². The molecule has 3 aromatic rings. The van der Waals surface area contributed by atoms with Gasteiger partial charge in [0, 0.05) is 51.4 Å². The lowest BCUT2D eigenvalue weighted by molar-refractivity contribution is -0.134. The number of carbonyl (C=O) groups is 2. The van der Waals surface area contributed by atoms with Crippen molar-refractivity contribution in [1.82, 2.24) is 14.7 Å². The number of hydrogen-bond donors (Lipinski definition) is 0. The first kappa shape index (κ1) is 26.5. The minimum absolute atomic E-state index is 0.132. The third kappa shape index (κ3) is 7.01. The Labute approximate surface area is 217 Å². The SMILES string of the molecule is CCC(C(=O)N1CCN(CCN(Cc2ccc(F)cc2)C(=O)c2ccc(F)cc2)CC1)c1ccccc1. The lowest BCUT2D eigenvalue weighted by Gasteiger charge is -2.37. The van der Waals surface area contributed by atoms with Crippen molar-refractivity contribution in [3.8, 4) is 0 Å². The summed E-state index contributed by atoms with van der Waals surface area (Å²) in [7, 11) is 0. The zero-order valence-corrected chi connectivity index (χ0v) is 21.2. The highest BCUT2D eigenvalue weighted by Gasteiger charge is 2.28. The number of hydrogen-bond acceptors (Lipinski definition) is 3. The molecule has 1 heterocycles. The largest absolute Gasteiger partial charge is 0.340 e. The smallest absolute Gasteiger partial charge is 0.254 e. The molecule has 37 heavy (non-hydrogen) atoms. The monoisotopic (exact) mass is 505 g/mol. The molecule has 5 nitrogen and oxygen atoms in total. The normalized spacial score (nSPS) is 14.8. The van der Waals surface area contributed by atoms with Crippen molar-refractivity contribution in [3.05, 3.63) is 107 Å². The number of rotatable bonds is 9. The van der Waals surface area contributed by atoms with Gasteiger partial charge in [0.25, 0.3) is 5.91 Å². The zero-order valence-electron chi connectivity index (χ0n) is 21.2. The maximum absolute atomic E-state index is 13.4. The van der Waals surface area contributed by atoms with Crippen LogP contribution in [0.5, 0.6) is 0 Å². The van der Waals surface area contributed by atoms with Crippen LogP contribution >= 0.6 is 0 Å². The second-order valence-corrected chi connectivity index (χ2v) is 9.40. The molecule has 194 valence electrons. The fourth-order valence-corrected chi connectivity index (χ4v) is 4.75. The van der Waals surface area contributed by atoms with Crippen molar-refractivity contribution in [2.45, 2.75) is 25.8 Å². The van der Waals surface area contributed by atoms with Gasteiger partial charge in [-0.05, 0) is 53.9 Å². The minimum Gasteiger partial charge on any atom is -0.340 e. The second kappa shape index (κ2) is 12.6. The standard InChI is InChI=1S/C30H33F2N3O2/c1-2-28(24-6-4-3-5-7-24)30(37)34-19-16-33(17-20-34)18-21-35(22-23-8-12-26(31)13-9-23)29(36)25-10-14-27(32)15-11-25/h3-15,28H,2,16-22H2,1H3. The molecule has 0 N–H and O–H groups in total. The van der Waals surface area contributed by atoms with E-state index < -0.39 is 5.82 Å². The summed E-state index contributed by atoms with van der Waals surface area (Å²) in [5.41, 5.74) is 2.28. The van der Waals surface area contributed by atoms with E-state index in [9.17, 15) is 18.4 Å². The van der Waals surface area contributed by atoms with E-state index >= 15 is 0 Å². The zero-order chi connectivity index (χ0) is 26.2. The third-order valence-electron chi connectivity index (χ3n) is 6.94. The third-order valence-corrected chi connectivity index (χ3v) is 6.94. The van der Waals surface area contributed by atoms with Gasteiger partial charge >= 0.3 is 0 Å². The lowest BCUT2D eigenvalue weighted by Crippen LogP contribution is -2.51. The molecule has 0 aromatic heterocycles. The van der Waals surface area contributed by atoms with Crippen molar-refractivity contribution >= 4 is 11.8 Å². The van der Waals surface area contributed by atoms with Crippen molar-refractivity contribution in [2.75, 3.05) is 39.3 Å². The van der Waals surface area contributed by atoms with E-state index in [1.165, 1.54) is 36.4 Å². The number of benzene rings is 3. The predicted molar refractivity (Wildman–Crippen MR) is 140 cm³/mol. The van der Waals surface area contributed by atoms with Gasteiger partial charge in [0.2, 0.25) is 5.91 Å². The highest BCUT2D eigenvalue weighted by molar-refractivity contribution is 5.94. The molecule has 0 saturated carbocycles. The van der Waals surface area contributed by atoms with E-state index in [0.717, 1.165) is 30.6 Å². The molecule has 2 amide bonds. The molecule has 1 aliphatic heterocycles. The summed E-state index contributed by atoms with van der Waals surface area (Å²) in [6.45, 7) is 6.22. The van der Waals surface area contributed by atoms with Crippen LogP contribution in [0.15, 0.2) is 78.9 Å². The summed E-state index contributed by atoms with van der Waals surface area (Å²) in [6, 6.07) is 21.5. The van der Waals surface area contributed by atoms with Crippen LogP contribution in [0.4, 0.5) is 8.78 Å². The molecule has 4 rings (SSSR count). The van der Waals surface area contributed by atoms with E-state index in [1.54, 1.807) is 17.0 Å². The quantitative estimate of drug-likeness (QED) is 0.414. The Kier molecular flexibility index (Phi) is 9.01. The van der Waals surface area contributed by atoms with Gasteiger partial charge in [-0.25, -0.2) is 8.78 Å². The summed E-state index contributed by atoms with van der Waals surface area (Å²) in [6.07, 6.45) is 0.757. The van der Waals surface area contributed by atoms with Gasteiger partial charge in [0.15, 0.2) is 0 Å². The van der Waals surface area contributed by atoms with Crippen molar-refractivity contribution in [2.24, 2.45) is 0 Å². The van der Waals surface area contributed by atoms with Crippen LogP contribution < -0.4 is 0 Å². The fourth-order valence-electron chi connectivity index (χ4n) is 4.75. The highest BCUT2D eigenvalue weighted by atomic mass is 19.1. The van der Waals surface area contributed by atoms with Crippen LogP contribution in [-0.2, 0) is 11.3 Å². The first-order valence-electron chi connectivity index (χ1n) is 12.8. The van der Waals surface area contributed by atoms with Gasteiger partial charge in [0.05, 0.1) is 5.92 Å². The number of carbonyl (C=O) groups excluding carboxylic acids is 2. The molecule has 1 aliphatic rings. The topological polar surface area (TPSA) is 43.9 Å². The highest BCUT2D eigenvalue weighted by Crippen LogP contribution is 2.23. The van der Waals surface area contributed by atoms with Crippen LogP contribution in [0.25, 0.3) is 0 Å². The van der Waals surface area contributed by atoms with Crippen LogP contribution in [0.2, 0.25) is 0 Å². The van der Waals surface area contributed by atoms with Crippen LogP contribution in [0.1, 0.15) is 40.7 Å². The molecule has 1 saturated heterocycles. The summed E-state index contributed by atoms with van der Waals surface area (Å²) >= 11 is 0. The maximum Gasteiger partial charge on any atom is 0.254 e. The Hall–Kier alpha value is -3.58. The summed E-state index contributed by atoms with van der Waals surface area (Å²) < 4.78 is 26.8. The fraction of sp³-hybridized carbons (Fsp3) is 0.333. The molecule has 1 atom stereocenters. The lowest BCUT2D eigenvalue weighted by atomic mass is 9.95. The van der Waals surface area contributed by atoms with Gasteiger partial charge in [-0.3, -0.25) is 14.5 Å². The second-order valence-electron chi connectivity index (χ2n) is 9.40. The molecule has 0 radical (unpaired) electrons. The number of nitrogens with zero attached hydrogens (tertiary/aromatic N) is 3. The Bertz CT molecular complexity index is 1160. The first-order chi connectivity index (χ1) is 17.9. The molecule has 7 heteroatoms. The van der Waals surface area contributed by atoms with Gasteiger partial charge in [-0.2, -0.15) is 0 Å². The Morgan fingerprint density at radius 3 is 2.03 bits per heavy atom. The van der Waals surface area contributed by atoms with E-state index in [1.807, 2.05) is 42.2 Å². The molecule has 1 fully saturated rings. The molecular formula is C30H33F2N3O2. The Morgan fingerprint density at radius 1 is 0.838 bits per heavy atom. The molecule has 0 aliphatic carbocycles. The molecule has 3 aromatic carbocycles. The molecular weight excluding hydrogens is 472 g/mol. The molecule has 0 bridgehead atoms. The van der Waals surface area contributed by atoms with Crippen LogP contribution in [-0.4, -0.2) is 65.8 Å². The summed E-state index contributed by atoms with van der Waals surface area (Å²) in [5.74, 6) is -0.895. The number of amides is 2. The van der Waals surface area contributed by atoms with E-state index in [2.05, 4.69) is 4.90 Å². The van der Waals surface area contributed by atoms with Gasteiger partial charge in [0.1, 0.15) is 11.6 Å². The first-order valence-corrected chi connectivity index (χ1v) is 12.8. The van der Waals surface area contributed by atoms with Gasteiger partial charge in [-0.15, -0.1) is 0 Å². The van der Waals surface area contributed by atoms with Gasteiger partial charge in [-0.1, -0.05) is 49.4 Å². The van der Waals surface area contributed by atoms with E-state index in [0.29, 0.717) is 38.3 Å². The minimum atomic E-state index is -0.397. The molecule has 0 spiro atoms. The van der Waals surface area contributed by atoms with E-state index in [-0.39, 0.29) is 23.5 Å². The summed E-state index contributed by atoms with van der Waals surface area (Å²) in [5, 5.41) is 0. The van der Waals surface area contributed by atoms with Crippen molar-refractivity contribution in [3.63, 3.8) is 0 Å². The van der Waals surface area contributed by atoms with Crippen molar-refractivity contribution < 1.29 is 18.4 Å². The average Bonchev–Trinajstić information content (AvgIpc) is 2.93. The summed E-state index contributed by atoms with van der Waals surface area (Å²) in [4.78, 5) is 32.3. The Balaban J connectivity index is 1.36.